The summed E-state index contributed by atoms with van der Waals surface area (Å²) in [6.45, 7) is 3.99. The Morgan fingerprint density at radius 2 is 1.10 bits per heavy atom. The van der Waals surface area contributed by atoms with E-state index in [2.05, 4.69) is 45.9 Å². The van der Waals surface area contributed by atoms with Gasteiger partial charge in [0.15, 0.2) is 17.5 Å². The molecule has 2 aromatic heterocycles. The monoisotopic (exact) mass is 998 g/mol. The van der Waals surface area contributed by atoms with Gasteiger partial charge >= 0.3 is 0 Å². The van der Waals surface area contributed by atoms with Crippen LogP contribution in [0.4, 0.5) is 57.7 Å². The summed E-state index contributed by atoms with van der Waals surface area (Å²) < 4.78 is 80.9. The second kappa shape index (κ2) is 22.3. The third-order valence-corrected chi connectivity index (χ3v) is 12.5. The molecule has 2 heterocycles. The first-order valence-electron chi connectivity index (χ1n) is 20.1. The molecule has 0 bridgehead atoms. The summed E-state index contributed by atoms with van der Waals surface area (Å²) in [6.07, 6.45) is 4.00. The minimum Gasteiger partial charge on any atom is -0.497 e. The molecule has 24 heteroatoms. The van der Waals surface area contributed by atoms with Crippen LogP contribution in [0.3, 0.4) is 0 Å². The summed E-state index contributed by atoms with van der Waals surface area (Å²) in [4.78, 5) is 17.6. The van der Waals surface area contributed by atoms with Gasteiger partial charge in [-0.3, -0.25) is 9.03 Å². The number of aromatic nitrogens is 4. The largest absolute Gasteiger partial charge is 0.497 e. The highest BCUT2D eigenvalue weighted by Gasteiger charge is 2.29. The molecule has 4 aromatic carbocycles. The summed E-state index contributed by atoms with van der Waals surface area (Å²) in [5.41, 5.74) is 3.00. The lowest BCUT2D eigenvalue weighted by atomic mass is 10.2. The van der Waals surface area contributed by atoms with Gasteiger partial charge in [0.1, 0.15) is 39.7 Å². The minimum atomic E-state index is -4.61. The zero-order chi connectivity index (χ0) is 48.3. The molecule has 0 atom stereocenters. The van der Waals surface area contributed by atoms with Crippen molar-refractivity contribution >= 4 is 101 Å². The minimum absolute atomic E-state index is 0.0115. The molecule has 6 aromatic rings. The molecule has 0 radical (unpaired) electrons. The van der Waals surface area contributed by atoms with Crippen molar-refractivity contribution in [1.82, 2.24) is 19.9 Å². The van der Waals surface area contributed by atoms with E-state index in [1.54, 1.807) is 30.3 Å². The Hall–Kier alpha value is -6.56. The van der Waals surface area contributed by atoms with E-state index in [-0.39, 0.29) is 87.6 Å². The van der Waals surface area contributed by atoms with Crippen LogP contribution in [-0.4, -0.2) is 99.8 Å². The fraction of sp³-hybridized carbons (Fsp3) is 0.256. The standard InChI is InChI=1S/C43H48Cl2N10O10S2/c1-26-7-9-30(64-17-6-15-56)20-36(26)50-43-47-24-33(45)41(53-43)49-35-14-12-29(63-4)22-39(35)55(66(5,58)59)25-67(60,61)54-38-19-28(62-3)11-13-34(38)48-40-32(44)23-46-42(52-40)51-37-21-31(65-18-16-57)10-8-27(37)2/h7-14,19-24,54,56-57H,6,15-18,25H2,1-5H3,(H2,46,48,51,52)(H2,47,49,50,53). The Kier molecular flexibility index (Phi) is 16.6. The van der Waals surface area contributed by atoms with E-state index in [1.165, 1.54) is 56.9 Å². The van der Waals surface area contributed by atoms with Crippen molar-refractivity contribution in [2.45, 2.75) is 20.3 Å². The first-order chi connectivity index (χ1) is 32.0. The Morgan fingerprint density at radius 3 is 1.63 bits per heavy atom. The highest BCUT2D eigenvalue weighted by molar-refractivity contribution is 7.96. The third-order valence-electron chi connectivity index (χ3n) is 9.49. The fourth-order valence-electron chi connectivity index (χ4n) is 6.09. The number of nitrogens with one attached hydrogen (secondary N) is 5. The number of aliphatic hydroxyl groups excluding tert-OH is 2. The summed E-state index contributed by atoms with van der Waals surface area (Å²) in [5, 5.41) is 30.8. The van der Waals surface area contributed by atoms with Gasteiger partial charge in [0.05, 0.1) is 68.8 Å². The summed E-state index contributed by atoms with van der Waals surface area (Å²) in [6, 6.07) is 19.5. The first kappa shape index (κ1) is 49.9. The van der Waals surface area contributed by atoms with Gasteiger partial charge < -0.3 is 50.4 Å². The molecule has 0 saturated carbocycles. The average molecular weight is 1000 g/mol. The molecular formula is C43H48Cl2N10O10S2. The van der Waals surface area contributed by atoms with Crippen LogP contribution in [0, 0.1) is 13.8 Å². The Morgan fingerprint density at radius 1 is 0.612 bits per heavy atom. The number of aryl methyl sites for hydroxylation is 2. The van der Waals surface area contributed by atoms with Gasteiger partial charge in [-0.05, 0) is 61.4 Å². The quantitative estimate of drug-likeness (QED) is 0.0307. The van der Waals surface area contributed by atoms with Crippen LogP contribution >= 0.6 is 23.2 Å². The zero-order valence-electron chi connectivity index (χ0n) is 36.8. The van der Waals surface area contributed by atoms with Crippen molar-refractivity contribution in [2.24, 2.45) is 0 Å². The van der Waals surface area contributed by atoms with Crippen LogP contribution in [0.1, 0.15) is 17.5 Å². The molecule has 0 unspecified atom stereocenters. The van der Waals surface area contributed by atoms with Crippen LogP contribution in [0.2, 0.25) is 10.0 Å². The predicted molar refractivity (Wildman–Crippen MR) is 260 cm³/mol. The summed E-state index contributed by atoms with van der Waals surface area (Å²) in [7, 11) is -6.21. The molecule has 0 aliphatic heterocycles. The average Bonchev–Trinajstić information content (AvgIpc) is 3.29. The maximum atomic E-state index is 14.2. The van der Waals surface area contributed by atoms with Crippen molar-refractivity contribution < 1.29 is 46.0 Å². The van der Waals surface area contributed by atoms with Crippen LogP contribution in [0.15, 0.2) is 85.2 Å². The Labute approximate surface area is 397 Å². The van der Waals surface area contributed by atoms with Crippen molar-refractivity contribution in [1.29, 1.82) is 0 Å². The molecule has 7 N–H and O–H groups in total. The smallest absolute Gasteiger partial charge is 0.252 e. The first-order valence-corrected chi connectivity index (χ1v) is 24.4. The summed E-state index contributed by atoms with van der Waals surface area (Å²) >= 11 is 13.1. The van der Waals surface area contributed by atoms with Crippen molar-refractivity contribution in [3.05, 3.63) is 106 Å². The van der Waals surface area contributed by atoms with E-state index in [0.717, 1.165) is 17.4 Å². The topological polar surface area (TPSA) is 261 Å². The van der Waals surface area contributed by atoms with Crippen LogP contribution in [-0.2, 0) is 20.0 Å². The molecule has 6 rings (SSSR count). The SMILES string of the molecule is COc1ccc(Nc2nc(Nc3cc(OCCO)ccc3C)ncc2Cl)c(NS(=O)(=O)CN(c2cc(OC)ccc2Nc2nc(Nc3cc(OCCCO)ccc3C)ncc2Cl)S(C)(=O)=O)c1. The number of sulfonamides is 2. The third kappa shape index (κ3) is 13.5. The lowest BCUT2D eigenvalue weighted by molar-refractivity contribution is 0.201. The number of hydrogen-bond donors (Lipinski definition) is 7. The molecule has 20 nitrogen and oxygen atoms in total. The number of methoxy groups -OCH3 is 2. The molecule has 0 fully saturated rings. The number of halogens is 2. The van der Waals surface area contributed by atoms with Gasteiger partial charge in [-0.1, -0.05) is 35.3 Å². The lowest BCUT2D eigenvalue weighted by Gasteiger charge is -2.26. The Bertz CT molecular complexity index is 2940. The van der Waals surface area contributed by atoms with Gasteiger partial charge in [-0.2, -0.15) is 9.97 Å². The molecule has 67 heavy (non-hydrogen) atoms. The summed E-state index contributed by atoms with van der Waals surface area (Å²) in [5.74, 6) is 0.813. The van der Waals surface area contributed by atoms with E-state index in [4.69, 9.17) is 47.3 Å². The maximum Gasteiger partial charge on any atom is 0.252 e. The van der Waals surface area contributed by atoms with Gasteiger partial charge in [-0.15, -0.1) is 0 Å². The number of nitrogens with zero attached hydrogens (tertiary/aromatic N) is 5. The van der Waals surface area contributed by atoms with E-state index in [1.807, 2.05) is 26.0 Å². The van der Waals surface area contributed by atoms with Crippen LogP contribution < -0.4 is 49.2 Å². The number of benzene rings is 4. The number of aliphatic hydroxyl groups is 2. The molecule has 356 valence electrons. The van der Waals surface area contributed by atoms with E-state index in [0.29, 0.717) is 40.2 Å². The second-order valence-electron chi connectivity index (χ2n) is 14.5. The van der Waals surface area contributed by atoms with E-state index in [9.17, 15) is 21.9 Å². The zero-order valence-corrected chi connectivity index (χ0v) is 39.9. The van der Waals surface area contributed by atoms with Crippen molar-refractivity contribution in [3.63, 3.8) is 0 Å². The highest BCUT2D eigenvalue weighted by atomic mass is 35.5. The molecule has 0 spiro atoms. The van der Waals surface area contributed by atoms with Crippen molar-refractivity contribution in [2.75, 3.05) is 83.1 Å². The van der Waals surface area contributed by atoms with Gasteiger partial charge in [0, 0.05) is 48.7 Å². The van der Waals surface area contributed by atoms with Crippen LogP contribution in [0.25, 0.3) is 0 Å². The molecule has 0 amide bonds. The molecule has 0 saturated heterocycles. The van der Waals surface area contributed by atoms with Crippen molar-refractivity contribution in [3.8, 4) is 23.0 Å². The van der Waals surface area contributed by atoms with Gasteiger partial charge in [0.2, 0.25) is 21.9 Å². The molecular weight excluding hydrogens is 952 g/mol. The van der Waals surface area contributed by atoms with Crippen LogP contribution in [0.5, 0.6) is 23.0 Å². The van der Waals surface area contributed by atoms with E-state index >= 15 is 0 Å². The highest BCUT2D eigenvalue weighted by Crippen LogP contribution is 2.38. The second-order valence-corrected chi connectivity index (χ2v) is 18.9. The number of anilines is 10. The number of rotatable bonds is 23. The number of hydrogen-bond acceptors (Lipinski definition) is 18. The lowest BCUT2D eigenvalue weighted by Crippen LogP contribution is -2.37. The van der Waals surface area contributed by atoms with Gasteiger partial charge in [-0.25, -0.2) is 26.8 Å². The molecule has 0 aliphatic rings. The number of ether oxygens (including phenoxy) is 4. The fourth-order valence-corrected chi connectivity index (χ4v) is 9.07. The van der Waals surface area contributed by atoms with E-state index < -0.39 is 25.9 Å². The normalized spacial score (nSPS) is 11.4. The predicted octanol–water partition coefficient (Wildman–Crippen LogP) is 7.48. The van der Waals surface area contributed by atoms with Gasteiger partial charge in [0.25, 0.3) is 10.0 Å². The molecule has 0 aliphatic carbocycles. The Balaban J connectivity index is 1.28. The maximum absolute atomic E-state index is 14.2.